The summed E-state index contributed by atoms with van der Waals surface area (Å²) in [5.41, 5.74) is 0.705. The number of ketones is 1. The van der Waals surface area contributed by atoms with Gasteiger partial charge in [0.2, 0.25) is 17.6 Å². The van der Waals surface area contributed by atoms with Crippen molar-refractivity contribution < 1.29 is 27.6 Å². The third-order valence-corrected chi connectivity index (χ3v) is 4.39. The van der Waals surface area contributed by atoms with Gasteiger partial charge >= 0.3 is 6.18 Å². The molecule has 0 aliphatic carbocycles. The van der Waals surface area contributed by atoms with Gasteiger partial charge in [-0.25, -0.2) is 0 Å². The van der Waals surface area contributed by atoms with Crippen LogP contribution in [-0.2, 0) is 22.8 Å². The summed E-state index contributed by atoms with van der Waals surface area (Å²) >= 11 is 0.787. The first-order valence-corrected chi connectivity index (χ1v) is 8.79. The first kappa shape index (κ1) is 21.4. The molecule has 0 saturated heterocycles. The Kier molecular flexibility index (Phi) is 6.44. The molecule has 0 aliphatic rings. The molecule has 1 aromatic carbocycles. The van der Waals surface area contributed by atoms with Gasteiger partial charge in [-0.3, -0.25) is 14.4 Å². The van der Waals surface area contributed by atoms with Crippen LogP contribution in [0.1, 0.15) is 30.0 Å². The molecule has 28 heavy (non-hydrogen) atoms. The molecule has 150 valence electrons. The standard InChI is InChI=1S/C16H16F3N5O3S/c1-8(25)20-10-4-5-11(12(6-10)21-9(2)26)13(27)7-28-15-23-22-14(24(15)3)16(17,18)19/h4-6H,7H2,1-3H3,(H,20,25)(H,21,26). The van der Waals surface area contributed by atoms with Crippen LogP contribution in [0.3, 0.4) is 0 Å². The summed E-state index contributed by atoms with van der Waals surface area (Å²) < 4.78 is 39.0. The molecule has 0 bridgehead atoms. The maximum atomic E-state index is 12.8. The minimum absolute atomic E-state index is 0.0726. The molecule has 0 atom stereocenters. The van der Waals surface area contributed by atoms with Crippen molar-refractivity contribution in [3.8, 4) is 0 Å². The van der Waals surface area contributed by atoms with Crippen molar-refractivity contribution in [2.45, 2.75) is 25.2 Å². The lowest BCUT2D eigenvalue weighted by molar-refractivity contribution is -0.147. The monoisotopic (exact) mass is 415 g/mol. The molecule has 1 heterocycles. The highest BCUT2D eigenvalue weighted by molar-refractivity contribution is 7.99. The van der Waals surface area contributed by atoms with Crippen molar-refractivity contribution >= 4 is 40.7 Å². The van der Waals surface area contributed by atoms with Gasteiger partial charge in [-0.05, 0) is 18.2 Å². The van der Waals surface area contributed by atoms with Crippen molar-refractivity contribution in [1.29, 1.82) is 0 Å². The molecule has 2 rings (SSSR count). The van der Waals surface area contributed by atoms with Gasteiger partial charge in [0.25, 0.3) is 0 Å². The predicted molar refractivity (Wildman–Crippen MR) is 96.1 cm³/mol. The Hall–Kier alpha value is -2.89. The van der Waals surface area contributed by atoms with Crippen LogP contribution in [0.2, 0.25) is 0 Å². The zero-order valence-electron chi connectivity index (χ0n) is 15.0. The number of carbonyl (C=O) groups is 3. The van der Waals surface area contributed by atoms with Crippen LogP contribution in [0.15, 0.2) is 23.4 Å². The van der Waals surface area contributed by atoms with Gasteiger partial charge in [-0.1, -0.05) is 11.8 Å². The molecule has 1 aromatic heterocycles. The summed E-state index contributed by atoms with van der Waals surface area (Å²) in [5.74, 6) is -2.59. The van der Waals surface area contributed by atoms with Crippen molar-refractivity contribution in [3.05, 3.63) is 29.6 Å². The Morgan fingerprint density at radius 3 is 2.29 bits per heavy atom. The maximum absolute atomic E-state index is 12.8. The van der Waals surface area contributed by atoms with Crippen LogP contribution < -0.4 is 10.6 Å². The number of halogens is 3. The quantitative estimate of drug-likeness (QED) is 0.555. The SMILES string of the molecule is CC(=O)Nc1ccc(C(=O)CSc2nnc(C(F)(F)F)n2C)c(NC(C)=O)c1. The second-order valence-electron chi connectivity index (χ2n) is 5.70. The first-order chi connectivity index (χ1) is 13.0. The number of anilines is 2. The van der Waals surface area contributed by atoms with Gasteiger partial charge in [0.05, 0.1) is 11.4 Å². The molecule has 8 nitrogen and oxygen atoms in total. The maximum Gasteiger partial charge on any atom is 0.451 e. The number of nitrogens with one attached hydrogen (secondary N) is 2. The molecule has 0 aliphatic heterocycles. The molecule has 0 saturated carbocycles. The number of rotatable bonds is 6. The van der Waals surface area contributed by atoms with E-state index >= 15 is 0 Å². The van der Waals surface area contributed by atoms with Crippen LogP contribution in [0, 0.1) is 0 Å². The minimum Gasteiger partial charge on any atom is -0.326 e. The van der Waals surface area contributed by atoms with E-state index in [1.54, 1.807) is 0 Å². The van der Waals surface area contributed by atoms with Crippen molar-refractivity contribution in [1.82, 2.24) is 14.8 Å². The van der Waals surface area contributed by atoms with E-state index in [-0.39, 0.29) is 28.1 Å². The normalized spacial score (nSPS) is 11.2. The Bertz CT molecular complexity index is 927. The lowest BCUT2D eigenvalue weighted by Crippen LogP contribution is -2.14. The summed E-state index contributed by atoms with van der Waals surface area (Å²) in [6.45, 7) is 2.57. The van der Waals surface area contributed by atoms with Gasteiger partial charge in [0.15, 0.2) is 10.9 Å². The van der Waals surface area contributed by atoms with Gasteiger partial charge in [-0.15, -0.1) is 10.2 Å². The van der Waals surface area contributed by atoms with Crippen molar-refractivity contribution in [2.24, 2.45) is 7.05 Å². The fourth-order valence-electron chi connectivity index (χ4n) is 2.26. The van der Waals surface area contributed by atoms with E-state index in [0.717, 1.165) is 23.4 Å². The predicted octanol–water partition coefficient (Wildman–Crippen LogP) is 2.73. The molecule has 2 amide bonds. The van der Waals surface area contributed by atoms with Crippen LogP contribution >= 0.6 is 11.8 Å². The summed E-state index contributed by atoms with van der Waals surface area (Å²) in [5, 5.41) is 11.5. The second-order valence-corrected chi connectivity index (χ2v) is 6.64. The number of Topliss-reactive ketones (excluding diaryl/α,β-unsaturated/α-hetero) is 1. The first-order valence-electron chi connectivity index (χ1n) is 7.81. The lowest BCUT2D eigenvalue weighted by atomic mass is 10.1. The number of thioether (sulfide) groups is 1. The Labute approximate surface area is 161 Å². The van der Waals surface area contributed by atoms with Crippen molar-refractivity contribution in [3.63, 3.8) is 0 Å². The highest BCUT2D eigenvalue weighted by Crippen LogP contribution is 2.30. The van der Waals surface area contributed by atoms with Gasteiger partial charge in [-0.2, -0.15) is 13.2 Å². The average molecular weight is 415 g/mol. The van der Waals surface area contributed by atoms with Gasteiger partial charge < -0.3 is 15.2 Å². The van der Waals surface area contributed by atoms with E-state index < -0.39 is 23.7 Å². The second kappa shape index (κ2) is 8.42. The molecular weight excluding hydrogens is 399 g/mol. The van der Waals surface area contributed by atoms with Crippen LogP contribution in [0.25, 0.3) is 0 Å². The van der Waals surface area contributed by atoms with Crippen molar-refractivity contribution in [2.75, 3.05) is 16.4 Å². The van der Waals surface area contributed by atoms with Gasteiger partial charge in [0.1, 0.15) is 0 Å². The number of aromatic nitrogens is 3. The number of alkyl halides is 3. The van der Waals surface area contributed by atoms with Crippen LogP contribution in [0.4, 0.5) is 24.5 Å². The van der Waals surface area contributed by atoms with Crippen LogP contribution in [-0.4, -0.2) is 38.1 Å². The van der Waals surface area contributed by atoms with E-state index in [0.29, 0.717) is 5.69 Å². The number of carbonyl (C=O) groups excluding carboxylic acids is 3. The summed E-state index contributed by atoms with van der Waals surface area (Å²) in [6, 6.07) is 4.32. The van der Waals surface area contributed by atoms with E-state index in [4.69, 9.17) is 0 Å². The van der Waals surface area contributed by atoms with E-state index in [1.165, 1.54) is 32.0 Å². The Morgan fingerprint density at radius 2 is 1.75 bits per heavy atom. The average Bonchev–Trinajstić information content (AvgIpc) is 2.92. The fraction of sp³-hybridized carbons (Fsp3) is 0.312. The number of hydrogen-bond acceptors (Lipinski definition) is 6. The Morgan fingerprint density at radius 1 is 1.11 bits per heavy atom. The molecule has 0 spiro atoms. The highest BCUT2D eigenvalue weighted by Gasteiger charge is 2.37. The van der Waals surface area contributed by atoms with Crippen LogP contribution in [0.5, 0.6) is 0 Å². The number of amides is 2. The molecule has 0 unspecified atom stereocenters. The minimum atomic E-state index is -4.65. The Balaban J connectivity index is 2.20. The molecule has 2 aromatic rings. The topological polar surface area (TPSA) is 106 Å². The number of nitrogens with zero attached hydrogens (tertiary/aromatic N) is 3. The van der Waals surface area contributed by atoms with E-state index in [2.05, 4.69) is 20.8 Å². The molecule has 12 heteroatoms. The highest BCUT2D eigenvalue weighted by atomic mass is 32.2. The van der Waals surface area contributed by atoms with E-state index in [1.807, 2.05) is 0 Å². The molecule has 0 radical (unpaired) electrons. The largest absolute Gasteiger partial charge is 0.451 e. The fourth-order valence-corrected chi connectivity index (χ4v) is 3.05. The molecule has 2 N–H and O–H groups in total. The third kappa shape index (κ3) is 5.31. The molecular formula is C16H16F3N5O3S. The lowest BCUT2D eigenvalue weighted by Gasteiger charge is -2.12. The third-order valence-electron chi connectivity index (χ3n) is 3.37. The summed E-state index contributed by atoms with van der Waals surface area (Å²) in [7, 11) is 1.15. The summed E-state index contributed by atoms with van der Waals surface area (Å²) in [4.78, 5) is 35.1. The van der Waals surface area contributed by atoms with Gasteiger partial charge in [0, 0.05) is 32.1 Å². The zero-order chi connectivity index (χ0) is 21.1. The number of hydrogen-bond donors (Lipinski definition) is 2. The number of benzene rings is 1. The summed E-state index contributed by atoms with van der Waals surface area (Å²) in [6.07, 6.45) is -4.65. The van der Waals surface area contributed by atoms with E-state index in [9.17, 15) is 27.6 Å². The molecule has 0 fully saturated rings. The smallest absolute Gasteiger partial charge is 0.326 e. The zero-order valence-corrected chi connectivity index (χ0v) is 15.9.